The van der Waals surface area contributed by atoms with Gasteiger partial charge in [-0.25, -0.2) is 4.68 Å². The van der Waals surface area contributed by atoms with Gasteiger partial charge >= 0.3 is 11.1 Å². The highest BCUT2D eigenvalue weighted by Gasteiger charge is 2.44. The van der Waals surface area contributed by atoms with E-state index in [1.54, 1.807) is 11.7 Å². The van der Waals surface area contributed by atoms with Gasteiger partial charge < -0.3 is 4.74 Å². The average Bonchev–Trinajstić information content (AvgIpc) is 3.46. The summed E-state index contributed by atoms with van der Waals surface area (Å²) in [6.45, 7) is 3.53. The van der Waals surface area contributed by atoms with Gasteiger partial charge in [0.15, 0.2) is 0 Å². The maximum atomic E-state index is 12.8. The van der Waals surface area contributed by atoms with Crippen LogP contribution in [-0.2, 0) is 33.1 Å². The van der Waals surface area contributed by atoms with Crippen molar-refractivity contribution in [3.8, 4) is 5.75 Å². The highest BCUT2D eigenvalue weighted by molar-refractivity contribution is 5.27. The fourth-order valence-corrected chi connectivity index (χ4v) is 4.86. The van der Waals surface area contributed by atoms with E-state index in [1.807, 2.05) is 48.4 Å². The molecule has 3 aromatic rings. The number of aryl methyl sites for hydroxylation is 1. The minimum Gasteiger partial charge on any atom is -0.497 e. The fourth-order valence-electron chi connectivity index (χ4n) is 4.86. The third kappa shape index (κ3) is 3.69. The quantitative estimate of drug-likeness (QED) is 0.561. The first kappa shape index (κ1) is 19.7. The van der Waals surface area contributed by atoms with E-state index in [2.05, 4.69) is 15.1 Å². The molecule has 0 aliphatic carbocycles. The number of methoxy groups -OCH3 is 1. The standard InChI is InChI=1S/C22H26N6O3/c1-25-11-17(10-23-25)12-26-8-7-22(14-26)9-19-24-28(21(30)20(29)27(19)15-22)13-16-3-5-18(31-2)6-4-16/h3-6,10-11H,7-9,12-15H2,1-2H3/t22-/m1/s1. The molecule has 4 heterocycles. The minimum atomic E-state index is -0.568. The van der Waals surface area contributed by atoms with E-state index in [9.17, 15) is 9.59 Å². The van der Waals surface area contributed by atoms with Crippen LogP contribution in [0.5, 0.6) is 5.75 Å². The topological polar surface area (TPSA) is 87.2 Å². The number of hydrogen-bond donors (Lipinski definition) is 0. The van der Waals surface area contributed by atoms with Crippen molar-refractivity contribution in [1.82, 2.24) is 29.0 Å². The molecule has 1 saturated heterocycles. The van der Waals surface area contributed by atoms with Gasteiger partial charge in [-0.05, 0) is 30.7 Å². The predicted octanol–water partition coefficient (Wildman–Crippen LogP) is 0.644. The molecule has 31 heavy (non-hydrogen) atoms. The van der Waals surface area contributed by atoms with Crippen molar-refractivity contribution in [3.63, 3.8) is 0 Å². The Hall–Kier alpha value is -3.20. The number of aromatic nitrogens is 5. The lowest BCUT2D eigenvalue weighted by Crippen LogP contribution is -2.43. The Morgan fingerprint density at radius 3 is 2.58 bits per heavy atom. The van der Waals surface area contributed by atoms with Crippen LogP contribution in [0.4, 0.5) is 0 Å². The van der Waals surface area contributed by atoms with Crippen LogP contribution < -0.4 is 15.9 Å². The molecule has 1 spiro atoms. The highest BCUT2D eigenvalue weighted by Crippen LogP contribution is 2.39. The van der Waals surface area contributed by atoms with Crippen LogP contribution in [-0.4, -0.2) is 49.2 Å². The second-order valence-corrected chi connectivity index (χ2v) is 8.78. The molecule has 0 radical (unpaired) electrons. The van der Waals surface area contributed by atoms with Gasteiger partial charge in [-0.2, -0.15) is 10.2 Å². The van der Waals surface area contributed by atoms with Crippen molar-refractivity contribution in [2.75, 3.05) is 20.2 Å². The second-order valence-electron chi connectivity index (χ2n) is 8.78. The van der Waals surface area contributed by atoms with Crippen molar-refractivity contribution >= 4 is 0 Å². The van der Waals surface area contributed by atoms with E-state index in [1.165, 1.54) is 10.2 Å². The summed E-state index contributed by atoms with van der Waals surface area (Å²) in [6, 6.07) is 7.44. The summed E-state index contributed by atoms with van der Waals surface area (Å²) >= 11 is 0. The molecule has 0 unspecified atom stereocenters. The van der Waals surface area contributed by atoms with Crippen LogP contribution in [0.15, 0.2) is 46.2 Å². The first-order chi connectivity index (χ1) is 14.9. The summed E-state index contributed by atoms with van der Waals surface area (Å²) in [6.07, 6.45) is 5.63. The van der Waals surface area contributed by atoms with Crippen LogP contribution in [0.2, 0.25) is 0 Å². The fraction of sp³-hybridized carbons (Fsp3) is 0.455. The van der Waals surface area contributed by atoms with E-state index >= 15 is 0 Å². The number of fused-ring (bicyclic) bond motifs is 1. The number of hydrogen-bond acceptors (Lipinski definition) is 6. The van der Waals surface area contributed by atoms with E-state index in [0.717, 1.165) is 37.4 Å². The molecule has 162 valence electrons. The molecule has 5 rings (SSSR count). The molecule has 0 amide bonds. The van der Waals surface area contributed by atoms with E-state index in [-0.39, 0.29) is 12.0 Å². The van der Waals surface area contributed by atoms with Crippen LogP contribution in [0.25, 0.3) is 0 Å². The van der Waals surface area contributed by atoms with Gasteiger partial charge in [0, 0.05) is 50.3 Å². The zero-order valence-corrected chi connectivity index (χ0v) is 17.8. The Kier molecular flexibility index (Phi) is 4.77. The zero-order chi connectivity index (χ0) is 21.6. The number of likely N-dealkylation sites (tertiary alicyclic amines) is 1. The number of rotatable bonds is 5. The molecule has 0 N–H and O–H groups in total. The summed E-state index contributed by atoms with van der Waals surface area (Å²) in [5, 5.41) is 8.83. The van der Waals surface area contributed by atoms with Crippen molar-refractivity contribution < 1.29 is 4.74 Å². The van der Waals surface area contributed by atoms with Gasteiger partial charge in [-0.3, -0.25) is 23.7 Å². The Morgan fingerprint density at radius 2 is 1.87 bits per heavy atom. The maximum Gasteiger partial charge on any atom is 0.332 e. The minimum absolute atomic E-state index is 0.0346. The third-order valence-corrected chi connectivity index (χ3v) is 6.41. The average molecular weight is 422 g/mol. The summed E-state index contributed by atoms with van der Waals surface area (Å²) < 4.78 is 9.89. The lowest BCUT2D eigenvalue weighted by molar-refractivity contribution is 0.246. The van der Waals surface area contributed by atoms with Crippen LogP contribution in [0, 0.1) is 5.41 Å². The van der Waals surface area contributed by atoms with E-state index in [4.69, 9.17) is 4.74 Å². The van der Waals surface area contributed by atoms with Crippen LogP contribution >= 0.6 is 0 Å². The number of benzene rings is 1. The molecular weight excluding hydrogens is 396 g/mol. The number of nitrogens with zero attached hydrogens (tertiary/aromatic N) is 6. The Bertz CT molecular complexity index is 1230. The van der Waals surface area contributed by atoms with Gasteiger partial charge in [0.2, 0.25) is 0 Å². The Labute approximate surface area is 179 Å². The van der Waals surface area contributed by atoms with Crippen molar-refractivity contribution in [1.29, 1.82) is 0 Å². The van der Waals surface area contributed by atoms with Gasteiger partial charge in [0.1, 0.15) is 11.6 Å². The van der Waals surface area contributed by atoms with Gasteiger partial charge in [0.05, 0.1) is 19.9 Å². The van der Waals surface area contributed by atoms with Gasteiger partial charge in [-0.15, -0.1) is 0 Å². The third-order valence-electron chi connectivity index (χ3n) is 6.41. The summed E-state index contributed by atoms with van der Waals surface area (Å²) in [5.74, 6) is 1.46. The SMILES string of the molecule is COc1ccc(Cn2nc3n(c(=O)c2=O)C[C@]2(CCN(Cc4cnn(C)c4)C2)C3)cc1. The molecule has 2 aromatic heterocycles. The monoisotopic (exact) mass is 422 g/mol. The molecule has 9 nitrogen and oxygen atoms in total. The zero-order valence-electron chi connectivity index (χ0n) is 17.8. The largest absolute Gasteiger partial charge is 0.497 e. The van der Waals surface area contributed by atoms with Gasteiger partial charge in [-0.1, -0.05) is 12.1 Å². The van der Waals surface area contributed by atoms with Crippen LogP contribution in [0.1, 0.15) is 23.4 Å². The predicted molar refractivity (Wildman–Crippen MR) is 114 cm³/mol. The van der Waals surface area contributed by atoms with Crippen molar-refractivity contribution in [2.45, 2.75) is 32.5 Å². The van der Waals surface area contributed by atoms with E-state index < -0.39 is 11.1 Å². The highest BCUT2D eigenvalue weighted by atomic mass is 16.5. The first-order valence-corrected chi connectivity index (χ1v) is 10.5. The molecule has 1 fully saturated rings. The second kappa shape index (κ2) is 7.49. The number of ether oxygens (including phenoxy) is 1. The molecule has 0 saturated carbocycles. The summed E-state index contributed by atoms with van der Waals surface area (Å²) in [7, 11) is 3.53. The maximum absolute atomic E-state index is 12.8. The van der Waals surface area contributed by atoms with Crippen molar-refractivity contribution in [3.05, 3.63) is 74.3 Å². The molecule has 2 aliphatic rings. The molecule has 9 heteroatoms. The van der Waals surface area contributed by atoms with E-state index in [0.29, 0.717) is 18.8 Å². The molecule has 2 aliphatic heterocycles. The lowest BCUT2D eigenvalue weighted by atomic mass is 9.86. The molecule has 1 aromatic carbocycles. The smallest absolute Gasteiger partial charge is 0.332 e. The Balaban J connectivity index is 1.35. The first-order valence-electron chi connectivity index (χ1n) is 10.5. The Morgan fingerprint density at radius 1 is 1.06 bits per heavy atom. The summed E-state index contributed by atoms with van der Waals surface area (Å²) in [5.41, 5.74) is 1.01. The summed E-state index contributed by atoms with van der Waals surface area (Å²) in [4.78, 5) is 27.9. The molecular formula is C22H26N6O3. The normalized spacial score (nSPS) is 20.5. The molecule has 0 bridgehead atoms. The van der Waals surface area contributed by atoms with Crippen molar-refractivity contribution in [2.24, 2.45) is 12.5 Å². The van der Waals surface area contributed by atoms with Crippen LogP contribution in [0.3, 0.4) is 0 Å². The molecule has 1 atom stereocenters. The van der Waals surface area contributed by atoms with Gasteiger partial charge in [0.25, 0.3) is 0 Å². The lowest BCUT2D eigenvalue weighted by Gasteiger charge is -2.22.